The molecule has 1 aromatic rings. The molecule has 2 rings (SSSR count). The number of aliphatic imine (C=N–C) groups is 1. The minimum Gasteiger partial charge on any atom is -0.370 e. The van der Waals surface area contributed by atoms with Crippen molar-refractivity contribution in [3.8, 4) is 0 Å². The second-order valence-corrected chi connectivity index (χ2v) is 12.5. The number of benzene rings is 1. The molecule has 250 valence electrons. The number of hydrogen-bond acceptors (Lipinski definition) is 8. The number of hydrogen-bond donors (Lipinski definition) is 10. The number of amides is 4. The topological polar surface area (TPSA) is 257 Å². The quantitative estimate of drug-likeness (QED) is 0.0378. The average molecular weight is 666 g/mol. The third-order valence-corrected chi connectivity index (χ3v) is 8.17. The van der Waals surface area contributed by atoms with Crippen LogP contribution in [0.1, 0.15) is 51.0 Å². The lowest BCUT2D eigenvalue weighted by molar-refractivity contribution is -0.133. The van der Waals surface area contributed by atoms with Crippen LogP contribution >= 0.6 is 0 Å². The second-order valence-electron chi connectivity index (χ2n) is 10.5. The Bertz CT molecular complexity index is 1210. The summed E-state index contributed by atoms with van der Waals surface area (Å²) in [6, 6.07) is 5.47. The van der Waals surface area contributed by atoms with Gasteiger partial charge in [-0.05, 0) is 61.9 Å². The van der Waals surface area contributed by atoms with E-state index in [2.05, 4.69) is 35.7 Å². The summed E-state index contributed by atoms with van der Waals surface area (Å²) in [4.78, 5) is 56.8. The summed E-state index contributed by atoms with van der Waals surface area (Å²) >= 11 is 5.24. The maximum atomic E-state index is 13.7. The van der Waals surface area contributed by atoms with Crippen molar-refractivity contribution >= 4 is 50.6 Å². The van der Waals surface area contributed by atoms with Gasteiger partial charge in [0.05, 0.1) is 15.9 Å². The van der Waals surface area contributed by atoms with Crippen molar-refractivity contribution in [2.45, 2.75) is 76.0 Å². The highest BCUT2D eigenvalue weighted by Gasteiger charge is 2.31. The Hall–Kier alpha value is -3.80. The van der Waals surface area contributed by atoms with E-state index in [9.17, 15) is 19.2 Å². The number of guanidine groups is 1. The molecule has 17 heteroatoms. The lowest BCUT2D eigenvalue weighted by Gasteiger charge is -2.26. The molecule has 45 heavy (non-hydrogen) atoms. The molecule has 0 aliphatic carbocycles. The molecular formula is C28H47N11O4S2. The smallest absolute Gasteiger partial charge is 0.243 e. The standard InChI is InChI=1S/C28H47N11O4S2/c1-2-33-20(12-8-14-34-28(31)32)25(41)38-23(16-19-17-35-45(44)39-19)27(43)36-21(11-6-7-13-29)26(42)37-22(24(30)40)15-18-9-4-3-5-10-18/h3-5,9-10,17,20-23,33,35,39H,2,6-8,11-16,29H2,1H3,(H2,30,40)(H,36,43)(H,37,42)(H,38,41)(H4,31,32,34). The number of nitrogens with one attached hydrogen (secondary N) is 6. The SMILES string of the molecule is CCNC(CCCN=C(N)N)C(=O)NC(CC1=CNS(=S)N1)C(=O)NC(CCCCN)C(=O)NC(Cc1ccccc1)C(N)=O. The Morgan fingerprint density at radius 3 is 2.09 bits per heavy atom. The zero-order valence-electron chi connectivity index (χ0n) is 25.6. The molecule has 0 bridgehead atoms. The third kappa shape index (κ3) is 14.2. The predicted molar refractivity (Wildman–Crippen MR) is 179 cm³/mol. The Morgan fingerprint density at radius 1 is 0.867 bits per heavy atom. The molecule has 5 atom stereocenters. The summed E-state index contributed by atoms with van der Waals surface area (Å²) in [5.74, 6) is -2.28. The summed E-state index contributed by atoms with van der Waals surface area (Å²) in [6.45, 7) is 3.14. The summed E-state index contributed by atoms with van der Waals surface area (Å²) in [5, 5.41) is 11.4. The van der Waals surface area contributed by atoms with Gasteiger partial charge in [0, 0.05) is 31.3 Å². The first-order valence-electron chi connectivity index (χ1n) is 14.9. The van der Waals surface area contributed by atoms with E-state index in [0.29, 0.717) is 51.0 Å². The average Bonchev–Trinajstić information content (AvgIpc) is 3.41. The van der Waals surface area contributed by atoms with Crippen LogP contribution in [-0.4, -0.2) is 73.4 Å². The summed E-state index contributed by atoms with van der Waals surface area (Å²) in [7, 11) is -0.737. The number of carbonyl (C=O) groups is 4. The van der Waals surface area contributed by atoms with Gasteiger partial charge in [0.2, 0.25) is 23.6 Å². The number of nitrogens with two attached hydrogens (primary N) is 4. The number of nitrogens with zero attached hydrogens (tertiary/aromatic N) is 1. The number of likely N-dealkylation sites (N-methyl/N-ethyl adjacent to an activating group) is 1. The fourth-order valence-corrected chi connectivity index (χ4v) is 5.71. The molecule has 0 aromatic heterocycles. The van der Waals surface area contributed by atoms with Crippen LogP contribution in [0.25, 0.3) is 0 Å². The van der Waals surface area contributed by atoms with E-state index in [1.54, 1.807) is 6.20 Å². The van der Waals surface area contributed by atoms with Gasteiger partial charge in [-0.1, -0.05) is 37.3 Å². The van der Waals surface area contributed by atoms with E-state index in [4.69, 9.17) is 34.1 Å². The van der Waals surface area contributed by atoms with Gasteiger partial charge in [0.25, 0.3) is 0 Å². The summed E-state index contributed by atoms with van der Waals surface area (Å²) in [6.07, 6.45) is 4.31. The van der Waals surface area contributed by atoms with Gasteiger partial charge in [-0.15, -0.1) is 0 Å². The molecular weight excluding hydrogens is 619 g/mol. The van der Waals surface area contributed by atoms with Crippen molar-refractivity contribution in [2.24, 2.45) is 27.9 Å². The van der Waals surface area contributed by atoms with E-state index in [-0.39, 0.29) is 25.2 Å². The van der Waals surface area contributed by atoms with E-state index in [0.717, 1.165) is 5.56 Å². The first-order chi connectivity index (χ1) is 21.5. The minimum atomic E-state index is -1.05. The first-order valence-corrected chi connectivity index (χ1v) is 17.1. The molecule has 4 amide bonds. The van der Waals surface area contributed by atoms with Crippen LogP contribution in [-0.2, 0) is 46.6 Å². The van der Waals surface area contributed by atoms with E-state index in [1.807, 2.05) is 37.3 Å². The Balaban J connectivity index is 2.22. The van der Waals surface area contributed by atoms with Crippen LogP contribution in [0, 0.1) is 0 Å². The molecule has 1 aliphatic rings. The molecule has 0 spiro atoms. The molecule has 0 saturated carbocycles. The highest BCUT2D eigenvalue weighted by atomic mass is 32.8. The minimum absolute atomic E-state index is 0.0323. The zero-order valence-corrected chi connectivity index (χ0v) is 27.2. The molecule has 0 fully saturated rings. The van der Waals surface area contributed by atoms with Crippen LogP contribution in [0.3, 0.4) is 0 Å². The number of carbonyl (C=O) groups excluding carboxylic acids is 4. The van der Waals surface area contributed by atoms with Gasteiger partial charge in [-0.25, -0.2) is 0 Å². The van der Waals surface area contributed by atoms with Crippen LogP contribution in [0.15, 0.2) is 47.2 Å². The fraction of sp³-hybridized carbons (Fsp3) is 0.536. The highest BCUT2D eigenvalue weighted by Crippen LogP contribution is 2.11. The van der Waals surface area contributed by atoms with Crippen LogP contribution in [0.5, 0.6) is 0 Å². The molecule has 1 aliphatic heterocycles. The number of rotatable bonds is 21. The van der Waals surface area contributed by atoms with Crippen molar-refractivity contribution in [3.05, 3.63) is 47.8 Å². The first kappa shape index (κ1) is 37.4. The van der Waals surface area contributed by atoms with Gasteiger partial charge < -0.3 is 53.6 Å². The van der Waals surface area contributed by atoms with Crippen molar-refractivity contribution in [3.63, 3.8) is 0 Å². The highest BCUT2D eigenvalue weighted by molar-refractivity contribution is 8.26. The summed E-state index contributed by atoms with van der Waals surface area (Å²) < 4.78 is 6.02. The van der Waals surface area contributed by atoms with Crippen molar-refractivity contribution < 1.29 is 19.2 Å². The maximum Gasteiger partial charge on any atom is 0.243 e. The monoisotopic (exact) mass is 665 g/mol. The van der Waals surface area contributed by atoms with E-state index in [1.165, 1.54) is 0 Å². The largest absolute Gasteiger partial charge is 0.370 e. The molecule has 0 radical (unpaired) electrons. The zero-order chi connectivity index (χ0) is 33.2. The molecule has 1 heterocycles. The number of unbranched alkanes of at least 4 members (excludes halogenated alkanes) is 1. The third-order valence-electron chi connectivity index (χ3n) is 6.86. The van der Waals surface area contributed by atoms with E-state index >= 15 is 0 Å². The van der Waals surface area contributed by atoms with E-state index < -0.39 is 57.6 Å². The Labute approximate surface area is 271 Å². The lowest BCUT2D eigenvalue weighted by atomic mass is 10.0. The maximum absolute atomic E-state index is 13.7. The normalized spacial score (nSPS) is 16.5. The van der Waals surface area contributed by atoms with Crippen LogP contribution < -0.4 is 53.6 Å². The molecule has 14 N–H and O–H groups in total. The van der Waals surface area contributed by atoms with Crippen LogP contribution in [0.2, 0.25) is 0 Å². The van der Waals surface area contributed by atoms with Gasteiger partial charge in [0.15, 0.2) is 5.96 Å². The van der Waals surface area contributed by atoms with Crippen LogP contribution in [0.4, 0.5) is 0 Å². The lowest BCUT2D eigenvalue weighted by Crippen LogP contribution is -2.58. The van der Waals surface area contributed by atoms with Gasteiger partial charge >= 0.3 is 0 Å². The summed E-state index contributed by atoms with van der Waals surface area (Å²) in [5.41, 5.74) is 23.5. The van der Waals surface area contributed by atoms with Gasteiger partial charge in [0.1, 0.15) is 18.1 Å². The van der Waals surface area contributed by atoms with Gasteiger partial charge in [-0.2, -0.15) is 0 Å². The second kappa shape index (κ2) is 20.3. The molecule has 5 unspecified atom stereocenters. The van der Waals surface area contributed by atoms with Crippen molar-refractivity contribution in [1.29, 1.82) is 0 Å². The molecule has 1 aromatic carbocycles. The Kier molecular flexibility index (Phi) is 16.8. The van der Waals surface area contributed by atoms with Gasteiger partial charge in [-0.3, -0.25) is 24.2 Å². The molecule has 15 nitrogen and oxygen atoms in total. The Morgan fingerprint density at radius 2 is 1.49 bits per heavy atom. The fourth-order valence-electron chi connectivity index (χ4n) is 4.56. The molecule has 0 saturated heterocycles. The number of primary amides is 1. The van der Waals surface area contributed by atoms with Crippen molar-refractivity contribution in [2.75, 3.05) is 19.6 Å². The predicted octanol–water partition coefficient (Wildman–Crippen LogP) is -2.34. The van der Waals surface area contributed by atoms with Crippen molar-refractivity contribution in [1.82, 2.24) is 30.7 Å².